The second-order valence-corrected chi connectivity index (χ2v) is 7.81. The third-order valence-corrected chi connectivity index (χ3v) is 4.94. The second-order valence-electron chi connectivity index (χ2n) is 5.91. The van der Waals surface area contributed by atoms with Gasteiger partial charge in [0.15, 0.2) is 0 Å². The summed E-state index contributed by atoms with van der Waals surface area (Å²) in [5.41, 5.74) is 1.32. The van der Waals surface area contributed by atoms with Crippen LogP contribution >= 0.6 is 0 Å². The van der Waals surface area contributed by atoms with Crippen LogP contribution in [0.25, 0.3) is 0 Å². The zero-order valence-corrected chi connectivity index (χ0v) is 16.5. The summed E-state index contributed by atoms with van der Waals surface area (Å²) in [6.07, 6.45) is 1.05. The van der Waals surface area contributed by atoms with Gasteiger partial charge in [-0.3, -0.25) is 9.10 Å². The Kier molecular flexibility index (Phi) is 7.06. The van der Waals surface area contributed by atoms with E-state index in [1.807, 2.05) is 31.2 Å². The molecule has 0 spiro atoms. The molecular weight excluding hydrogens is 368 g/mol. The molecule has 2 aromatic carbocycles. The van der Waals surface area contributed by atoms with Crippen molar-refractivity contribution in [3.63, 3.8) is 0 Å². The van der Waals surface area contributed by atoms with Gasteiger partial charge in [-0.15, -0.1) is 0 Å². The first-order valence-corrected chi connectivity index (χ1v) is 10.2. The summed E-state index contributed by atoms with van der Waals surface area (Å²) in [6, 6.07) is 14.2. The average molecular weight is 392 g/mol. The van der Waals surface area contributed by atoms with Crippen LogP contribution in [0.15, 0.2) is 48.5 Å². The third-order valence-electron chi connectivity index (χ3n) is 3.82. The lowest BCUT2D eigenvalue weighted by Crippen LogP contribution is -2.41. The molecule has 0 aliphatic rings. The van der Waals surface area contributed by atoms with Crippen molar-refractivity contribution in [2.45, 2.75) is 6.92 Å². The number of rotatable bonds is 9. The van der Waals surface area contributed by atoms with Gasteiger partial charge in [-0.25, -0.2) is 8.42 Å². The van der Waals surface area contributed by atoms with Crippen molar-refractivity contribution in [2.75, 3.05) is 37.4 Å². The van der Waals surface area contributed by atoms with E-state index in [4.69, 9.17) is 9.47 Å². The van der Waals surface area contributed by atoms with Crippen molar-refractivity contribution in [3.05, 3.63) is 54.1 Å². The normalized spacial score (nSPS) is 10.9. The van der Waals surface area contributed by atoms with Crippen LogP contribution in [0.1, 0.15) is 5.56 Å². The molecule has 0 radical (unpaired) electrons. The van der Waals surface area contributed by atoms with Gasteiger partial charge in [0.2, 0.25) is 15.9 Å². The molecule has 0 bridgehead atoms. The van der Waals surface area contributed by atoms with E-state index in [9.17, 15) is 13.2 Å². The minimum atomic E-state index is -3.66. The molecule has 0 saturated carbocycles. The van der Waals surface area contributed by atoms with Crippen LogP contribution in [0, 0.1) is 6.92 Å². The number of carbonyl (C=O) groups excluding carboxylic acids is 1. The van der Waals surface area contributed by atoms with E-state index in [1.165, 1.54) is 7.11 Å². The summed E-state index contributed by atoms with van der Waals surface area (Å²) in [4.78, 5) is 12.2. The Hall–Kier alpha value is -2.74. The Labute approximate surface area is 160 Å². The fraction of sp³-hybridized carbons (Fsp3) is 0.316. The van der Waals surface area contributed by atoms with Gasteiger partial charge in [-0.1, -0.05) is 30.3 Å². The van der Waals surface area contributed by atoms with Gasteiger partial charge < -0.3 is 14.8 Å². The first kappa shape index (κ1) is 20.6. The number of anilines is 1. The highest BCUT2D eigenvalue weighted by Crippen LogP contribution is 2.29. The Morgan fingerprint density at radius 1 is 1.07 bits per heavy atom. The average Bonchev–Trinajstić information content (AvgIpc) is 2.63. The van der Waals surface area contributed by atoms with E-state index in [-0.39, 0.29) is 19.7 Å². The molecule has 2 rings (SSSR count). The topological polar surface area (TPSA) is 84.9 Å². The minimum absolute atomic E-state index is 0.261. The predicted octanol–water partition coefficient (Wildman–Crippen LogP) is 1.96. The van der Waals surface area contributed by atoms with Crippen LogP contribution < -0.4 is 19.1 Å². The third kappa shape index (κ3) is 5.89. The highest BCUT2D eigenvalue weighted by molar-refractivity contribution is 7.92. The number of nitrogens with zero attached hydrogens (tertiary/aromatic N) is 1. The van der Waals surface area contributed by atoms with E-state index in [1.54, 1.807) is 24.3 Å². The highest BCUT2D eigenvalue weighted by Gasteiger charge is 2.23. The van der Waals surface area contributed by atoms with Crippen LogP contribution in [0.3, 0.4) is 0 Å². The highest BCUT2D eigenvalue weighted by atomic mass is 32.2. The predicted molar refractivity (Wildman–Crippen MR) is 105 cm³/mol. The quantitative estimate of drug-likeness (QED) is 0.660. The number of aryl methyl sites for hydroxylation is 1. The molecule has 8 heteroatoms. The lowest BCUT2D eigenvalue weighted by molar-refractivity contribution is -0.119. The van der Waals surface area contributed by atoms with E-state index >= 15 is 0 Å². The smallest absolute Gasteiger partial charge is 0.240 e. The van der Waals surface area contributed by atoms with E-state index in [0.29, 0.717) is 11.4 Å². The second kappa shape index (κ2) is 9.27. The number of methoxy groups -OCH3 is 1. The largest absolute Gasteiger partial charge is 0.495 e. The fourth-order valence-electron chi connectivity index (χ4n) is 2.47. The number of amides is 1. The van der Waals surface area contributed by atoms with Gasteiger partial charge in [0.25, 0.3) is 0 Å². The molecule has 2 aromatic rings. The molecule has 0 atom stereocenters. The van der Waals surface area contributed by atoms with Crippen molar-refractivity contribution < 1.29 is 22.7 Å². The van der Waals surface area contributed by atoms with Crippen LogP contribution in [-0.4, -0.2) is 47.4 Å². The van der Waals surface area contributed by atoms with E-state index in [2.05, 4.69) is 5.32 Å². The number of hydrogen-bond donors (Lipinski definition) is 1. The molecule has 27 heavy (non-hydrogen) atoms. The summed E-state index contributed by atoms with van der Waals surface area (Å²) in [5.74, 6) is 0.692. The zero-order chi connectivity index (χ0) is 19.9. The summed E-state index contributed by atoms with van der Waals surface area (Å²) in [7, 11) is -2.22. The molecule has 7 nitrogen and oxygen atoms in total. The van der Waals surface area contributed by atoms with Gasteiger partial charge >= 0.3 is 0 Å². The lowest BCUT2D eigenvalue weighted by Gasteiger charge is -2.23. The SMILES string of the molecule is COc1ccccc1N(CC(=O)NCCOc1ccccc1C)S(C)(=O)=O. The van der Waals surface area contributed by atoms with Crippen LogP contribution in [0.4, 0.5) is 5.69 Å². The monoisotopic (exact) mass is 392 g/mol. The Morgan fingerprint density at radius 3 is 2.33 bits per heavy atom. The molecule has 0 saturated heterocycles. The summed E-state index contributed by atoms with van der Waals surface area (Å²) in [5, 5.41) is 2.67. The number of nitrogens with one attached hydrogen (secondary N) is 1. The van der Waals surface area contributed by atoms with Crippen LogP contribution in [-0.2, 0) is 14.8 Å². The number of para-hydroxylation sites is 3. The summed E-state index contributed by atoms with van der Waals surface area (Å²) >= 11 is 0. The Bertz CT molecular complexity index is 883. The molecule has 1 N–H and O–H groups in total. The molecule has 0 fully saturated rings. The van der Waals surface area contributed by atoms with Gasteiger partial charge in [0, 0.05) is 0 Å². The summed E-state index contributed by atoms with van der Waals surface area (Å²) in [6.45, 7) is 2.13. The molecule has 1 amide bonds. The molecule has 0 heterocycles. The number of ether oxygens (including phenoxy) is 2. The maximum atomic E-state index is 12.2. The van der Waals surface area contributed by atoms with Crippen molar-refractivity contribution >= 4 is 21.6 Å². The fourth-order valence-corrected chi connectivity index (χ4v) is 3.33. The van der Waals surface area contributed by atoms with Crippen molar-refractivity contribution in [1.82, 2.24) is 5.32 Å². The maximum Gasteiger partial charge on any atom is 0.240 e. The number of carbonyl (C=O) groups is 1. The molecule has 0 aromatic heterocycles. The van der Waals surface area contributed by atoms with Crippen LogP contribution in [0.5, 0.6) is 11.5 Å². The number of hydrogen-bond acceptors (Lipinski definition) is 5. The van der Waals surface area contributed by atoms with Gasteiger partial charge in [0.05, 0.1) is 25.6 Å². The maximum absolute atomic E-state index is 12.2. The lowest BCUT2D eigenvalue weighted by atomic mass is 10.2. The first-order chi connectivity index (χ1) is 12.8. The molecular formula is C19H24N2O5S. The summed E-state index contributed by atoms with van der Waals surface area (Å²) < 4.78 is 36.1. The van der Waals surface area contributed by atoms with Crippen molar-refractivity contribution in [2.24, 2.45) is 0 Å². The molecule has 0 aliphatic carbocycles. The minimum Gasteiger partial charge on any atom is -0.495 e. The number of benzene rings is 2. The van der Waals surface area contributed by atoms with Crippen LogP contribution in [0.2, 0.25) is 0 Å². The van der Waals surface area contributed by atoms with Gasteiger partial charge in [-0.05, 0) is 30.7 Å². The first-order valence-electron chi connectivity index (χ1n) is 8.39. The van der Waals surface area contributed by atoms with E-state index < -0.39 is 15.9 Å². The molecule has 0 unspecified atom stereocenters. The van der Waals surface area contributed by atoms with Gasteiger partial charge in [-0.2, -0.15) is 0 Å². The zero-order valence-electron chi connectivity index (χ0n) is 15.6. The molecule has 146 valence electrons. The Morgan fingerprint density at radius 2 is 1.70 bits per heavy atom. The van der Waals surface area contributed by atoms with Gasteiger partial charge in [0.1, 0.15) is 24.7 Å². The Balaban J connectivity index is 1.96. The molecule has 0 aliphatic heterocycles. The number of sulfonamides is 1. The van der Waals surface area contributed by atoms with E-state index in [0.717, 1.165) is 21.9 Å². The van der Waals surface area contributed by atoms with Crippen molar-refractivity contribution in [1.29, 1.82) is 0 Å². The van der Waals surface area contributed by atoms with Crippen molar-refractivity contribution in [3.8, 4) is 11.5 Å². The standard InChI is InChI=1S/C19H24N2O5S/c1-15-8-4-6-10-17(15)26-13-12-20-19(22)14-21(27(3,23)24)16-9-5-7-11-18(16)25-2/h4-11H,12-14H2,1-3H3,(H,20,22).